The van der Waals surface area contributed by atoms with Crippen molar-refractivity contribution in [3.8, 4) is 5.97 Å². The molecule has 4 heteroatoms. The molecular weight excluding hydrogens is 153 g/mol. The van der Waals surface area contributed by atoms with Crippen LogP contribution in [-0.4, -0.2) is 20.4 Å². The highest BCUT2D eigenvalue weighted by Crippen LogP contribution is 2.39. The number of methoxy groups -OCH3 is 1. The summed E-state index contributed by atoms with van der Waals surface area (Å²) in [6, 6.07) is 0. The predicted molar refractivity (Wildman–Crippen MR) is 44.5 cm³/mol. The molecule has 63 valence electrons. The van der Waals surface area contributed by atoms with Crippen molar-refractivity contribution in [2.45, 2.75) is 25.1 Å². The lowest BCUT2D eigenvalue weighted by Gasteiger charge is -2.32. The quantitative estimate of drug-likeness (QED) is 0.460. The smallest absolute Gasteiger partial charge is 0.305 e. The summed E-state index contributed by atoms with van der Waals surface area (Å²) in [5.41, 5.74) is 0. The molecule has 0 saturated heterocycles. The van der Waals surface area contributed by atoms with E-state index in [0.717, 1.165) is 12.8 Å². The Morgan fingerprint density at radius 3 is 2.92 bits per heavy atom. The van der Waals surface area contributed by atoms with E-state index in [2.05, 4.69) is 4.74 Å². The van der Waals surface area contributed by atoms with E-state index in [0.29, 0.717) is 18.2 Å². The number of rotatable bonds is 3. The van der Waals surface area contributed by atoms with Crippen molar-refractivity contribution >= 4 is 13.2 Å². The molecule has 1 saturated carbocycles. The number of hydrogen-bond acceptors (Lipinski definition) is 3. The van der Waals surface area contributed by atoms with E-state index in [4.69, 9.17) is 5.26 Å². The minimum absolute atomic E-state index is 0.143. The van der Waals surface area contributed by atoms with E-state index in [1.165, 1.54) is 7.11 Å². The Morgan fingerprint density at radius 2 is 2.42 bits per heavy atom. The summed E-state index contributed by atoms with van der Waals surface area (Å²) in [5.74, 6) is 2.72. The maximum absolute atomic E-state index is 10.8. The maximum atomic E-state index is 10.8. The van der Waals surface area contributed by atoms with Gasteiger partial charge < -0.3 is 4.74 Å². The molecule has 0 aromatic carbocycles. The molecule has 12 heavy (non-hydrogen) atoms. The van der Waals surface area contributed by atoms with Gasteiger partial charge in [-0.2, -0.15) is 0 Å². The normalized spacial score (nSPS) is 26.7. The van der Waals surface area contributed by atoms with Gasteiger partial charge in [0.1, 0.15) is 0 Å². The number of nitrogens with zero attached hydrogens (tertiary/aromatic N) is 1. The molecule has 1 fully saturated rings. The third kappa shape index (κ3) is 2.26. The molecule has 0 N–H and O–H groups in total. The predicted octanol–water partition coefficient (Wildman–Crippen LogP) is 0.933. The first-order chi connectivity index (χ1) is 5.76. The second-order valence-electron chi connectivity index (χ2n) is 3.17. The fraction of sp³-hybridized carbons (Fsp3) is 0.750. The lowest BCUT2D eigenvalue weighted by Crippen LogP contribution is -2.25. The molecule has 1 rings (SSSR count). The summed E-state index contributed by atoms with van der Waals surface area (Å²) in [6.45, 7) is 0. The Kier molecular flexibility index (Phi) is 3.15. The highest BCUT2D eigenvalue weighted by molar-refractivity contribution is 6.47. The average Bonchev–Trinajstić information content (AvgIpc) is 2.00. The van der Waals surface area contributed by atoms with Crippen LogP contribution in [0.2, 0.25) is 5.82 Å². The molecule has 0 spiro atoms. The van der Waals surface area contributed by atoms with E-state index in [-0.39, 0.29) is 5.97 Å². The third-order valence-electron chi connectivity index (χ3n) is 2.27. The summed E-state index contributed by atoms with van der Waals surface area (Å²) in [5, 5.41) is 8.32. The number of ether oxygens (including phenoxy) is 1. The van der Waals surface area contributed by atoms with Crippen LogP contribution < -0.4 is 0 Å². The van der Waals surface area contributed by atoms with Crippen LogP contribution >= 0.6 is 0 Å². The molecule has 0 aromatic rings. The van der Waals surface area contributed by atoms with Crippen LogP contribution in [-0.2, 0) is 9.53 Å². The number of nitriles is 1. The third-order valence-corrected chi connectivity index (χ3v) is 2.27. The molecule has 0 aliphatic heterocycles. The van der Waals surface area contributed by atoms with Crippen molar-refractivity contribution in [3.63, 3.8) is 0 Å². The van der Waals surface area contributed by atoms with Gasteiger partial charge in [-0.1, -0.05) is 18.7 Å². The van der Waals surface area contributed by atoms with Gasteiger partial charge in [0, 0.05) is 6.42 Å². The molecule has 1 aliphatic rings. The minimum Gasteiger partial charge on any atom is -0.469 e. The Labute approximate surface area is 72.9 Å². The largest absolute Gasteiger partial charge is 0.469 e. The maximum Gasteiger partial charge on any atom is 0.305 e. The van der Waals surface area contributed by atoms with Crippen LogP contribution in [0.5, 0.6) is 0 Å². The first kappa shape index (κ1) is 9.12. The molecule has 3 nitrogen and oxygen atoms in total. The van der Waals surface area contributed by atoms with Crippen molar-refractivity contribution in [1.82, 2.24) is 0 Å². The fourth-order valence-corrected chi connectivity index (χ4v) is 1.51. The number of hydrogen-bond donors (Lipinski definition) is 0. The van der Waals surface area contributed by atoms with Gasteiger partial charge in [-0.15, -0.1) is 0 Å². The van der Waals surface area contributed by atoms with E-state index in [1.54, 1.807) is 7.28 Å². The van der Waals surface area contributed by atoms with Gasteiger partial charge in [0.2, 0.25) is 0 Å². The lowest BCUT2D eigenvalue weighted by molar-refractivity contribution is -0.142. The van der Waals surface area contributed by atoms with Gasteiger partial charge in [0.25, 0.3) is 7.28 Å². The number of esters is 1. The summed E-state index contributed by atoms with van der Waals surface area (Å²) in [4.78, 5) is 10.8. The van der Waals surface area contributed by atoms with Crippen molar-refractivity contribution in [1.29, 1.82) is 5.26 Å². The molecule has 0 aromatic heterocycles. The first-order valence-electron chi connectivity index (χ1n) is 4.06. The minimum atomic E-state index is -0.143. The van der Waals surface area contributed by atoms with Gasteiger partial charge >= 0.3 is 5.97 Å². The SMILES string of the molecule is COC(=O)CC1CC([B]C#N)C1. The molecule has 0 amide bonds. The molecule has 1 aliphatic carbocycles. The number of carbonyl (C=O) groups excluding carboxylic acids is 1. The molecule has 0 bridgehead atoms. The molecular formula is C8H11BNO2. The van der Waals surface area contributed by atoms with Crippen molar-refractivity contribution in [2.75, 3.05) is 7.11 Å². The van der Waals surface area contributed by atoms with Gasteiger partial charge in [0.15, 0.2) is 0 Å². The lowest BCUT2D eigenvalue weighted by atomic mass is 9.52. The summed E-state index contributed by atoms with van der Waals surface area (Å²) in [6.07, 6.45) is 2.43. The van der Waals surface area contributed by atoms with Gasteiger partial charge in [-0.05, 0) is 11.9 Å². The van der Waals surface area contributed by atoms with E-state index in [1.807, 2.05) is 5.97 Å². The van der Waals surface area contributed by atoms with Crippen LogP contribution in [0.1, 0.15) is 19.3 Å². The molecule has 0 heterocycles. The topological polar surface area (TPSA) is 50.1 Å². The molecule has 0 unspecified atom stereocenters. The monoisotopic (exact) mass is 164 g/mol. The zero-order valence-electron chi connectivity index (χ0n) is 7.12. The first-order valence-corrected chi connectivity index (χ1v) is 4.06. The molecule has 1 radical (unpaired) electrons. The summed E-state index contributed by atoms with van der Waals surface area (Å²) >= 11 is 0. The van der Waals surface area contributed by atoms with Crippen LogP contribution in [0.3, 0.4) is 0 Å². The zero-order valence-corrected chi connectivity index (χ0v) is 7.12. The van der Waals surface area contributed by atoms with Crippen LogP contribution in [0.15, 0.2) is 0 Å². The zero-order chi connectivity index (χ0) is 8.97. The van der Waals surface area contributed by atoms with Crippen LogP contribution in [0.25, 0.3) is 0 Å². The van der Waals surface area contributed by atoms with Crippen molar-refractivity contribution in [2.24, 2.45) is 5.92 Å². The Hall–Kier alpha value is -0.975. The highest BCUT2D eigenvalue weighted by Gasteiger charge is 2.31. The average molecular weight is 164 g/mol. The Morgan fingerprint density at radius 1 is 1.75 bits per heavy atom. The van der Waals surface area contributed by atoms with Crippen molar-refractivity contribution in [3.05, 3.63) is 0 Å². The van der Waals surface area contributed by atoms with Gasteiger partial charge in [-0.3, -0.25) is 4.79 Å². The van der Waals surface area contributed by atoms with E-state index < -0.39 is 0 Å². The van der Waals surface area contributed by atoms with Crippen molar-refractivity contribution < 1.29 is 9.53 Å². The fourth-order valence-electron chi connectivity index (χ4n) is 1.51. The standard InChI is InChI=1S/C8H11BNO2/c1-12-8(11)4-6-2-7(3-6)9-5-10/h6-7H,2-4H2,1H3. The van der Waals surface area contributed by atoms with E-state index in [9.17, 15) is 4.79 Å². The highest BCUT2D eigenvalue weighted by atomic mass is 16.5. The van der Waals surface area contributed by atoms with Gasteiger partial charge in [0.05, 0.1) is 7.11 Å². The summed E-state index contributed by atoms with van der Waals surface area (Å²) < 4.78 is 4.54. The second kappa shape index (κ2) is 4.15. The van der Waals surface area contributed by atoms with Crippen LogP contribution in [0, 0.1) is 17.1 Å². The molecule has 0 atom stereocenters. The van der Waals surface area contributed by atoms with E-state index >= 15 is 0 Å². The second-order valence-corrected chi connectivity index (χ2v) is 3.17. The number of carbonyl (C=O) groups is 1. The Bertz CT molecular complexity index is 206. The Balaban J connectivity index is 2.10. The van der Waals surface area contributed by atoms with Crippen LogP contribution in [0.4, 0.5) is 0 Å². The summed E-state index contributed by atoms with van der Waals surface area (Å²) in [7, 11) is 3.05. The van der Waals surface area contributed by atoms with Gasteiger partial charge in [-0.25, -0.2) is 5.26 Å².